The number of hydrogen-bond acceptors (Lipinski definition) is 5. The van der Waals surface area contributed by atoms with E-state index in [0.717, 1.165) is 16.9 Å². The molecule has 124 valence electrons. The summed E-state index contributed by atoms with van der Waals surface area (Å²) < 4.78 is 1.96. The third-order valence-electron chi connectivity index (χ3n) is 4.50. The van der Waals surface area contributed by atoms with Crippen molar-refractivity contribution in [3.63, 3.8) is 0 Å². The Morgan fingerprint density at radius 2 is 2.35 bits per heavy atom. The summed E-state index contributed by atoms with van der Waals surface area (Å²) in [5, 5.41) is 8.97. The van der Waals surface area contributed by atoms with Crippen LogP contribution in [0.3, 0.4) is 0 Å². The maximum absolute atomic E-state index is 11.2. The lowest BCUT2D eigenvalue weighted by Gasteiger charge is -2.19. The number of thiophene rings is 1. The summed E-state index contributed by atoms with van der Waals surface area (Å²) >= 11 is 3.18. The van der Waals surface area contributed by atoms with E-state index in [1.54, 1.807) is 6.92 Å². The van der Waals surface area contributed by atoms with Crippen LogP contribution in [-0.4, -0.2) is 25.9 Å². The van der Waals surface area contributed by atoms with Crippen molar-refractivity contribution in [3.05, 3.63) is 16.5 Å². The number of nitrogens with zero attached hydrogens (tertiary/aromatic N) is 3. The van der Waals surface area contributed by atoms with Crippen LogP contribution in [0.5, 0.6) is 0 Å². The van der Waals surface area contributed by atoms with E-state index in [2.05, 4.69) is 23.2 Å². The van der Waals surface area contributed by atoms with Crippen LogP contribution in [0.15, 0.2) is 11.2 Å². The van der Waals surface area contributed by atoms with Crippen LogP contribution >= 0.6 is 23.1 Å². The molecule has 2 atom stereocenters. The van der Waals surface area contributed by atoms with E-state index >= 15 is 0 Å². The van der Waals surface area contributed by atoms with Crippen LogP contribution in [-0.2, 0) is 24.7 Å². The molecule has 0 saturated heterocycles. The van der Waals surface area contributed by atoms with Crippen molar-refractivity contribution in [1.82, 2.24) is 14.8 Å². The Labute approximate surface area is 144 Å². The van der Waals surface area contributed by atoms with Crippen LogP contribution in [0.1, 0.15) is 37.1 Å². The number of fused-ring (bicyclic) bond motifs is 1. The number of hydrogen-bond donors (Lipinski definition) is 1. The zero-order valence-corrected chi connectivity index (χ0v) is 15.3. The smallest absolute Gasteiger partial charge is 0.230 e. The van der Waals surface area contributed by atoms with Crippen molar-refractivity contribution in [2.45, 2.75) is 49.9 Å². The summed E-state index contributed by atoms with van der Waals surface area (Å²) in [5.74, 6) is 1.35. The Morgan fingerprint density at radius 1 is 1.57 bits per heavy atom. The first-order valence-electron chi connectivity index (χ1n) is 7.96. The first-order valence-corrected chi connectivity index (χ1v) is 9.66. The molecule has 2 heterocycles. The first kappa shape index (κ1) is 16.5. The Balaban J connectivity index is 1.85. The van der Waals surface area contributed by atoms with Gasteiger partial charge in [-0.3, -0.25) is 4.79 Å². The molecule has 5 nitrogen and oxygen atoms in total. The number of aryl methyl sites for hydroxylation is 1. The van der Waals surface area contributed by atoms with Gasteiger partial charge in [-0.2, -0.15) is 0 Å². The lowest BCUT2D eigenvalue weighted by atomic mass is 9.87. The average molecular weight is 351 g/mol. The summed E-state index contributed by atoms with van der Waals surface area (Å²) in [6, 6.07) is 2.28. The normalized spacial score (nSPS) is 18.7. The third kappa shape index (κ3) is 3.30. The second-order valence-corrected chi connectivity index (χ2v) is 8.55. The molecule has 2 aromatic rings. The molecule has 1 amide bonds. The van der Waals surface area contributed by atoms with Crippen molar-refractivity contribution in [1.29, 1.82) is 0 Å². The molecule has 1 aliphatic rings. The molecule has 0 aliphatic heterocycles. The zero-order valence-electron chi connectivity index (χ0n) is 13.7. The second kappa shape index (κ2) is 6.65. The number of nitrogens with two attached hydrogens (primary N) is 1. The Hall–Kier alpha value is -1.34. The predicted octanol–water partition coefficient (Wildman–Crippen LogP) is 3.02. The fraction of sp³-hybridized carbons (Fsp3) is 0.562. The molecule has 1 aliphatic carbocycles. The molecule has 0 radical (unpaired) electrons. The van der Waals surface area contributed by atoms with Crippen LogP contribution in [0, 0.1) is 5.92 Å². The first-order chi connectivity index (χ1) is 11.0. The van der Waals surface area contributed by atoms with Gasteiger partial charge in [0.05, 0.1) is 10.1 Å². The van der Waals surface area contributed by atoms with E-state index in [4.69, 9.17) is 5.73 Å². The summed E-state index contributed by atoms with van der Waals surface area (Å²) in [6.07, 6.45) is 4.90. The largest absolute Gasteiger partial charge is 0.369 e. The maximum atomic E-state index is 11.2. The van der Waals surface area contributed by atoms with Crippen molar-refractivity contribution >= 4 is 29.0 Å². The summed E-state index contributed by atoms with van der Waals surface area (Å²) in [7, 11) is 1.94. The standard InChI is InChI=1S/C16H22N4OS2/c1-4-10-5-6-12-11(7-10)8-13(23-12)15-18-19-16(20(15)3)22-9(2)14(17)21/h8-10H,4-7H2,1-3H3,(H2,17,21)/t9-,10+/m0/s1. The molecule has 2 N–H and O–H groups in total. The highest BCUT2D eigenvalue weighted by atomic mass is 32.2. The van der Waals surface area contributed by atoms with Gasteiger partial charge in [0, 0.05) is 11.9 Å². The highest BCUT2D eigenvalue weighted by molar-refractivity contribution is 8.00. The van der Waals surface area contributed by atoms with Crippen molar-refractivity contribution in [2.24, 2.45) is 18.7 Å². The number of carbonyl (C=O) groups is 1. The van der Waals surface area contributed by atoms with Crippen molar-refractivity contribution in [3.8, 4) is 10.7 Å². The van der Waals surface area contributed by atoms with Gasteiger partial charge in [-0.05, 0) is 43.7 Å². The zero-order chi connectivity index (χ0) is 16.6. The minimum atomic E-state index is -0.336. The van der Waals surface area contributed by atoms with E-state index in [1.807, 2.05) is 23.0 Å². The van der Waals surface area contributed by atoms with Gasteiger partial charge in [-0.1, -0.05) is 25.1 Å². The van der Waals surface area contributed by atoms with Crippen LogP contribution < -0.4 is 5.73 Å². The summed E-state index contributed by atoms with van der Waals surface area (Å²) in [4.78, 5) is 13.9. The Morgan fingerprint density at radius 3 is 3.04 bits per heavy atom. The Bertz CT molecular complexity index is 722. The molecule has 0 unspecified atom stereocenters. The number of carbonyl (C=O) groups excluding carboxylic acids is 1. The molecule has 0 fully saturated rings. The van der Waals surface area contributed by atoms with Gasteiger partial charge in [-0.15, -0.1) is 21.5 Å². The van der Waals surface area contributed by atoms with Gasteiger partial charge in [0.2, 0.25) is 5.91 Å². The van der Waals surface area contributed by atoms with Crippen LogP contribution in [0.25, 0.3) is 10.7 Å². The highest BCUT2D eigenvalue weighted by Gasteiger charge is 2.23. The second-order valence-electron chi connectivity index (χ2n) is 6.10. The fourth-order valence-electron chi connectivity index (χ4n) is 2.91. The van der Waals surface area contributed by atoms with Crippen molar-refractivity contribution < 1.29 is 4.79 Å². The molecule has 23 heavy (non-hydrogen) atoms. The number of thioether (sulfide) groups is 1. The van der Waals surface area contributed by atoms with Gasteiger partial charge in [-0.25, -0.2) is 0 Å². The maximum Gasteiger partial charge on any atom is 0.230 e. The molecule has 0 aromatic carbocycles. The van der Waals surface area contributed by atoms with Gasteiger partial charge in [0.25, 0.3) is 0 Å². The SMILES string of the molecule is CC[C@@H]1CCc2sc(-c3nnc(S[C@@H](C)C(N)=O)n3C)cc2C1. The highest BCUT2D eigenvalue weighted by Crippen LogP contribution is 2.38. The van der Waals surface area contributed by atoms with Gasteiger partial charge < -0.3 is 10.3 Å². The van der Waals surface area contributed by atoms with E-state index in [0.29, 0.717) is 0 Å². The molecule has 7 heteroatoms. The average Bonchev–Trinajstić information content (AvgIpc) is 3.10. The lowest BCUT2D eigenvalue weighted by Crippen LogP contribution is -2.22. The topological polar surface area (TPSA) is 73.8 Å². The molecule has 0 spiro atoms. The molecule has 0 saturated carbocycles. The van der Waals surface area contributed by atoms with E-state index in [9.17, 15) is 4.79 Å². The molecule has 2 aromatic heterocycles. The number of amides is 1. The van der Waals surface area contributed by atoms with Gasteiger partial charge in [0.15, 0.2) is 11.0 Å². The third-order valence-corrected chi connectivity index (χ3v) is 6.89. The lowest BCUT2D eigenvalue weighted by molar-refractivity contribution is -0.117. The summed E-state index contributed by atoms with van der Waals surface area (Å²) in [6.45, 7) is 4.06. The molecule has 0 bridgehead atoms. The minimum absolute atomic E-state index is 0.312. The number of rotatable bonds is 5. The number of aromatic nitrogens is 3. The quantitative estimate of drug-likeness (QED) is 0.841. The number of primary amides is 1. The molecule has 3 rings (SSSR count). The van der Waals surface area contributed by atoms with Gasteiger partial charge in [0.1, 0.15) is 0 Å². The van der Waals surface area contributed by atoms with Crippen LogP contribution in [0.2, 0.25) is 0 Å². The molecular weight excluding hydrogens is 328 g/mol. The minimum Gasteiger partial charge on any atom is -0.369 e. The molecular formula is C16H22N4OS2. The monoisotopic (exact) mass is 350 g/mol. The fourth-order valence-corrected chi connectivity index (χ4v) is 4.90. The van der Waals surface area contributed by atoms with E-state index < -0.39 is 0 Å². The summed E-state index contributed by atoms with van der Waals surface area (Å²) in [5.41, 5.74) is 6.81. The Kier molecular flexibility index (Phi) is 4.77. The predicted molar refractivity (Wildman–Crippen MR) is 94.6 cm³/mol. The van der Waals surface area contributed by atoms with E-state index in [-0.39, 0.29) is 11.2 Å². The van der Waals surface area contributed by atoms with Gasteiger partial charge >= 0.3 is 0 Å². The van der Waals surface area contributed by atoms with Crippen LogP contribution in [0.4, 0.5) is 0 Å². The van der Waals surface area contributed by atoms with Crippen molar-refractivity contribution in [2.75, 3.05) is 0 Å². The van der Waals surface area contributed by atoms with E-state index in [1.165, 1.54) is 52.8 Å².